The van der Waals surface area contributed by atoms with Crippen molar-refractivity contribution in [2.45, 2.75) is 38.3 Å². The maximum Gasteiger partial charge on any atom is 0.222 e. The Morgan fingerprint density at radius 2 is 1.84 bits per heavy atom. The maximum atomic E-state index is 14.0. The Morgan fingerprint density at radius 3 is 2.44 bits per heavy atom. The molecule has 0 bridgehead atoms. The summed E-state index contributed by atoms with van der Waals surface area (Å²) in [5.41, 5.74) is 7.21. The van der Waals surface area contributed by atoms with Gasteiger partial charge in [0.1, 0.15) is 11.6 Å². The first-order valence-electron chi connectivity index (χ1n) is 8.06. The van der Waals surface area contributed by atoms with Gasteiger partial charge in [0.2, 0.25) is 5.91 Å². The summed E-state index contributed by atoms with van der Waals surface area (Å²) < 4.78 is 27.1. The molecule has 0 aliphatic carbocycles. The molecule has 2 aromatic rings. The summed E-state index contributed by atoms with van der Waals surface area (Å²) in [4.78, 5) is 12.3. The van der Waals surface area contributed by atoms with Gasteiger partial charge in [0.05, 0.1) is 6.04 Å². The van der Waals surface area contributed by atoms with Crippen molar-refractivity contribution in [2.24, 2.45) is 5.73 Å². The Kier molecular flexibility index (Phi) is 8.52. The SMILES string of the molecule is CCCC(NC(=O)CC(N)c1ccccc1)c1ccc(F)cc1F.Cl. The van der Waals surface area contributed by atoms with Crippen LogP contribution in [-0.4, -0.2) is 5.91 Å². The Balaban J connectivity index is 0.00000312. The lowest BCUT2D eigenvalue weighted by molar-refractivity contribution is -0.122. The van der Waals surface area contributed by atoms with Crippen molar-refractivity contribution in [1.29, 1.82) is 0 Å². The first-order valence-corrected chi connectivity index (χ1v) is 8.06. The Hall–Kier alpha value is -1.98. The molecule has 2 atom stereocenters. The fourth-order valence-corrected chi connectivity index (χ4v) is 2.65. The summed E-state index contributed by atoms with van der Waals surface area (Å²) >= 11 is 0. The summed E-state index contributed by atoms with van der Waals surface area (Å²) in [5.74, 6) is -1.54. The molecule has 1 amide bonds. The highest BCUT2D eigenvalue weighted by atomic mass is 35.5. The minimum atomic E-state index is -0.652. The van der Waals surface area contributed by atoms with Crippen LogP contribution < -0.4 is 11.1 Å². The van der Waals surface area contributed by atoms with Crippen molar-refractivity contribution in [3.05, 3.63) is 71.3 Å². The molecule has 0 heterocycles. The van der Waals surface area contributed by atoms with E-state index in [1.54, 1.807) is 0 Å². The van der Waals surface area contributed by atoms with Crippen molar-refractivity contribution in [3.63, 3.8) is 0 Å². The van der Waals surface area contributed by atoms with Crippen LogP contribution in [0.25, 0.3) is 0 Å². The summed E-state index contributed by atoms with van der Waals surface area (Å²) in [6.45, 7) is 1.94. The number of amides is 1. The standard InChI is InChI=1S/C19H22F2N2O.ClH/c1-2-6-18(15-10-9-14(20)11-16(15)21)23-19(24)12-17(22)13-7-4-3-5-8-13;/h3-5,7-11,17-18H,2,6,12,22H2,1H3,(H,23,24);1H. The molecule has 0 saturated carbocycles. The molecule has 0 fully saturated rings. The molecule has 3 nitrogen and oxygen atoms in total. The highest BCUT2D eigenvalue weighted by Gasteiger charge is 2.19. The van der Waals surface area contributed by atoms with E-state index in [9.17, 15) is 13.6 Å². The molecule has 2 unspecified atom stereocenters. The molecular formula is C19H23ClF2N2O. The van der Waals surface area contributed by atoms with Crippen LogP contribution in [0.3, 0.4) is 0 Å². The molecule has 0 aliphatic rings. The maximum absolute atomic E-state index is 14.0. The quantitative estimate of drug-likeness (QED) is 0.759. The monoisotopic (exact) mass is 368 g/mol. The molecule has 0 spiro atoms. The van der Waals surface area contributed by atoms with E-state index in [-0.39, 0.29) is 24.7 Å². The van der Waals surface area contributed by atoms with Crippen molar-refractivity contribution >= 4 is 18.3 Å². The van der Waals surface area contributed by atoms with Gasteiger partial charge in [-0.2, -0.15) is 0 Å². The van der Waals surface area contributed by atoms with E-state index in [0.29, 0.717) is 12.0 Å². The van der Waals surface area contributed by atoms with Gasteiger partial charge in [-0.1, -0.05) is 49.7 Å². The average molecular weight is 369 g/mol. The molecule has 25 heavy (non-hydrogen) atoms. The highest BCUT2D eigenvalue weighted by Crippen LogP contribution is 2.23. The lowest BCUT2D eigenvalue weighted by Crippen LogP contribution is -2.31. The Morgan fingerprint density at radius 1 is 1.16 bits per heavy atom. The number of benzene rings is 2. The number of hydrogen-bond acceptors (Lipinski definition) is 2. The molecule has 2 aromatic carbocycles. The smallest absolute Gasteiger partial charge is 0.222 e. The Labute approximate surface area is 153 Å². The molecule has 0 radical (unpaired) electrons. The zero-order chi connectivity index (χ0) is 17.5. The number of nitrogens with one attached hydrogen (secondary N) is 1. The lowest BCUT2D eigenvalue weighted by Gasteiger charge is -2.20. The molecule has 0 saturated heterocycles. The van der Waals surface area contributed by atoms with Crippen molar-refractivity contribution < 1.29 is 13.6 Å². The van der Waals surface area contributed by atoms with Gasteiger partial charge in [-0.05, 0) is 18.1 Å². The topological polar surface area (TPSA) is 55.1 Å². The fraction of sp³-hybridized carbons (Fsp3) is 0.316. The van der Waals surface area contributed by atoms with Gasteiger partial charge in [0.15, 0.2) is 0 Å². The summed E-state index contributed by atoms with van der Waals surface area (Å²) in [6.07, 6.45) is 1.43. The van der Waals surface area contributed by atoms with E-state index in [0.717, 1.165) is 18.1 Å². The first-order chi connectivity index (χ1) is 11.5. The van der Waals surface area contributed by atoms with Crippen LogP contribution in [0.1, 0.15) is 49.4 Å². The number of rotatable bonds is 7. The molecule has 0 aromatic heterocycles. The molecular weight excluding hydrogens is 346 g/mol. The van der Waals surface area contributed by atoms with Gasteiger partial charge in [-0.15, -0.1) is 12.4 Å². The van der Waals surface area contributed by atoms with Crippen molar-refractivity contribution in [3.8, 4) is 0 Å². The van der Waals surface area contributed by atoms with E-state index in [1.807, 2.05) is 37.3 Å². The number of nitrogens with two attached hydrogens (primary N) is 1. The second-order valence-corrected chi connectivity index (χ2v) is 5.80. The second-order valence-electron chi connectivity index (χ2n) is 5.80. The summed E-state index contributed by atoms with van der Waals surface area (Å²) in [7, 11) is 0. The number of halogens is 3. The van der Waals surface area contributed by atoms with Gasteiger partial charge < -0.3 is 11.1 Å². The fourth-order valence-electron chi connectivity index (χ4n) is 2.65. The first kappa shape index (κ1) is 21.1. The number of carbonyl (C=O) groups excluding carboxylic acids is 1. The Bertz CT molecular complexity index is 682. The van der Waals surface area contributed by atoms with E-state index >= 15 is 0 Å². The summed E-state index contributed by atoms with van der Waals surface area (Å²) in [6, 6.07) is 11.8. The normalized spacial score (nSPS) is 12.8. The molecule has 6 heteroatoms. The molecule has 136 valence electrons. The summed E-state index contributed by atoms with van der Waals surface area (Å²) in [5, 5.41) is 2.81. The van der Waals surface area contributed by atoms with Crippen LogP contribution in [-0.2, 0) is 4.79 Å². The van der Waals surface area contributed by atoms with Crippen molar-refractivity contribution in [2.75, 3.05) is 0 Å². The average Bonchev–Trinajstić information content (AvgIpc) is 2.55. The molecule has 2 rings (SSSR count). The van der Waals surface area contributed by atoms with E-state index < -0.39 is 23.7 Å². The van der Waals surface area contributed by atoms with E-state index in [4.69, 9.17) is 5.73 Å². The predicted octanol–water partition coefficient (Wildman–Crippen LogP) is 4.43. The van der Waals surface area contributed by atoms with E-state index in [1.165, 1.54) is 12.1 Å². The third-order valence-corrected chi connectivity index (χ3v) is 3.88. The zero-order valence-electron chi connectivity index (χ0n) is 14.0. The highest BCUT2D eigenvalue weighted by molar-refractivity contribution is 5.85. The largest absolute Gasteiger partial charge is 0.349 e. The van der Waals surface area contributed by atoms with Crippen LogP contribution in [0, 0.1) is 11.6 Å². The lowest BCUT2D eigenvalue weighted by atomic mass is 10.00. The van der Waals surface area contributed by atoms with Gasteiger partial charge in [-0.3, -0.25) is 4.79 Å². The van der Waals surface area contributed by atoms with Crippen LogP contribution >= 0.6 is 12.4 Å². The van der Waals surface area contributed by atoms with Crippen molar-refractivity contribution in [1.82, 2.24) is 5.32 Å². The predicted molar refractivity (Wildman–Crippen MR) is 97.4 cm³/mol. The van der Waals surface area contributed by atoms with Gasteiger partial charge in [0.25, 0.3) is 0 Å². The van der Waals surface area contributed by atoms with Gasteiger partial charge in [0, 0.05) is 24.1 Å². The van der Waals surface area contributed by atoms with E-state index in [2.05, 4.69) is 5.32 Å². The van der Waals surface area contributed by atoms with Crippen LogP contribution in [0.15, 0.2) is 48.5 Å². The molecule has 3 N–H and O–H groups in total. The second kappa shape index (κ2) is 10.1. The van der Waals surface area contributed by atoms with Gasteiger partial charge >= 0.3 is 0 Å². The van der Waals surface area contributed by atoms with Gasteiger partial charge in [-0.25, -0.2) is 8.78 Å². The molecule has 0 aliphatic heterocycles. The number of hydrogen-bond donors (Lipinski definition) is 2. The third-order valence-electron chi connectivity index (χ3n) is 3.88. The van der Waals surface area contributed by atoms with Crippen LogP contribution in [0.2, 0.25) is 0 Å². The van der Waals surface area contributed by atoms with Crippen LogP contribution in [0.4, 0.5) is 8.78 Å². The zero-order valence-corrected chi connectivity index (χ0v) is 14.9. The third kappa shape index (κ3) is 6.11. The van der Waals surface area contributed by atoms with Crippen LogP contribution in [0.5, 0.6) is 0 Å². The minimum Gasteiger partial charge on any atom is -0.349 e. The number of carbonyl (C=O) groups is 1. The minimum absolute atomic E-state index is 0.